The number of hydrogen-bond acceptors (Lipinski definition) is 5. The molecule has 0 saturated heterocycles. The predicted molar refractivity (Wildman–Crippen MR) is 110 cm³/mol. The minimum Gasteiger partial charge on any atom is -0.452 e. The maximum absolute atomic E-state index is 13.1. The first kappa shape index (κ1) is 22.6. The van der Waals surface area contributed by atoms with E-state index in [1.54, 1.807) is 0 Å². The minimum atomic E-state index is -4.72. The summed E-state index contributed by atoms with van der Waals surface area (Å²) >= 11 is 7.03. The fraction of sp³-hybridized carbons (Fsp3) is 0.0952. The van der Waals surface area contributed by atoms with Crippen LogP contribution in [0.1, 0.15) is 15.9 Å². The van der Waals surface area contributed by atoms with Gasteiger partial charge in [0, 0.05) is 11.1 Å². The van der Waals surface area contributed by atoms with Crippen LogP contribution in [0.15, 0.2) is 76.8 Å². The Kier molecular flexibility index (Phi) is 7.19. The Morgan fingerprint density at radius 3 is 2.48 bits per heavy atom. The molecular weight excluding hydrogens is 453 g/mol. The summed E-state index contributed by atoms with van der Waals surface area (Å²) in [5.74, 6) is -1.80. The molecule has 0 saturated carbocycles. The second-order valence-electron chi connectivity index (χ2n) is 6.06. The number of hydrogen-bond donors (Lipinski definition) is 1. The van der Waals surface area contributed by atoms with E-state index in [4.69, 9.17) is 16.3 Å². The van der Waals surface area contributed by atoms with Crippen molar-refractivity contribution in [1.82, 2.24) is 4.98 Å². The average molecular weight is 467 g/mol. The van der Waals surface area contributed by atoms with Gasteiger partial charge in [-0.3, -0.25) is 4.79 Å². The van der Waals surface area contributed by atoms with Gasteiger partial charge < -0.3 is 10.1 Å². The molecule has 0 unspecified atom stereocenters. The molecule has 1 heterocycles. The molecule has 0 aliphatic heterocycles. The fourth-order valence-electron chi connectivity index (χ4n) is 2.50. The first-order chi connectivity index (χ1) is 14.8. The Labute approximate surface area is 184 Å². The summed E-state index contributed by atoms with van der Waals surface area (Å²) in [6.45, 7) is -0.800. The van der Waals surface area contributed by atoms with Gasteiger partial charge in [0.05, 0.1) is 21.8 Å². The van der Waals surface area contributed by atoms with Crippen molar-refractivity contribution in [2.45, 2.75) is 16.1 Å². The number of halogens is 4. The molecule has 3 rings (SSSR count). The van der Waals surface area contributed by atoms with Crippen LogP contribution < -0.4 is 5.32 Å². The van der Waals surface area contributed by atoms with Crippen molar-refractivity contribution >= 4 is 40.9 Å². The number of anilines is 1. The van der Waals surface area contributed by atoms with Gasteiger partial charge in [0.2, 0.25) is 0 Å². The van der Waals surface area contributed by atoms with Crippen LogP contribution in [0.5, 0.6) is 0 Å². The molecular formula is C21H14ClF3N2O3S. The summed E-state index contributed by atoms with van der Waals surface area (Å²) in [6.07, 6.45) is -3.21. The molecule has 0 atom stereocenters. The second kappa shape index (κ2) is 9.84. The van der Waals surface area contributed by atoms with E-state index in [1.165, 1.54) is 36.2 Å². The second-order valence-corrected chi connectivity index (χ2v) is 7.53. The van der Waals surface area contributed by atoms with Crippen LogP contribution >= 0.6 is 23.4 Å². The van der Waals surface area contributed by atoms with Crippen molar-refractivity contribution < 1.29 is 27.5 Å². The van der Waals surface area contributed by atoms with Gasteiger partial charge in [0.25, 0.3) is 5.91 Å². The zero-order chi connectivity index (χ0) is 22.4. The van der Waals surface area contributed by atoms with Crippen molar-refractivity contribution in [2.75, 3.05) is 11.9 Å². The lowest BCUT2D eigenvalue weighted by molar-refractivity contribution is -0.137. The van der Waals surface area contributed by atoms with E-state index in [0.29, 0.717) is 5.03 Å². The van der Waals surface area contributed by atoms with E-state index >= 15 is 0 Å². The number of nitrogens with zero attached hydrogens (tertiary/aromatic N) is 1. The normalized spacial score (nSPS) is 11.1. The molecule has 0 bridgehead atoms. The van der Waals surface area contributed by atoms with Crippen molar-refractivity contribution in [2.24, 2.45) is 0 Å². The summed E-state index contributed by atoms with van der Waals surface area (Å²) in [6, 6.07) is 15.3. The summed E-state index contributed by atoms with van der Waals surface area (Å²) in [5, 5.41) is 2.13. The molecule has 3 aromatic rings. The zero-order valence-corrected chi connectivity index (χ0v) is 17.2. The van der Waals surface area contributed by atoms with Crippen LogP contribution in [0.4, 0.5) is 18.9 Å². The highest BCUT2D eigenvalue weighted by Crippen LogP contribution is 2.38. The van der Waals surface area contributed by atoms with Crippen molar-refractivity contribution in [3.63, 3.8) is 0 Å². The molecule has 1 amide bonds. The van der Waals surface area contributed by atoms with Crippen molar-refractivity contribution in [3.05, 3.63) is 83.0 Å². The van der Waals surface area contributed by atoms with E-state index in [-0.39, 0.29) is 10.6 Å². The third kappa shape index (κ3) is 5.99. The smallest absolute Gasteiger partial charge is 0.418 e. The van der Waals surface area contributed by atoms with E-state index in [9.17, 15) is 22.8 Å². The van der Waals surface area contributed by atoms with E-state index < -0.39 is 35.9 Å². The first-order valence-electron chi connectivity index (χ1n) is 8.76. The number of carbonyl (C=O) groups excluding carboxylic acids is 2. The van der Waals surface area contributed by atoms with Crippen LogP contribution in [-0.2, 0) is 15.7 Å². The standard InChI is InChI=1S/C21H14ClF3N2O3S/c22-16-10-4-9-15(21(23,24)25)18(16)27-17(28)12-30-20(29)14-8-5-11-26-19(14)31-13-6-2-1-3-7-13/h1-11H,12H2,(H,27,28). The summed E-state index contributed by atoms with van der Waals surface area (Å²) in [4.78, 5) is 29.6. The monoisotopic (exact) mass is 466 g/mol. The highest BCUT2D eigenvalue weighted by molar-refractivity contribution is 7.99. The number of nitrogens with one attached hydrogen (secondary N) is 1. The summed E-state index contributed by atoms with van der Waals surface area (Å²) < 4.78 is 44.4. The maximum atomic E-state index is 13.1. The maximum Gasteiger partial charge on any atom is 0.418 e. The Hall–Kier alpha value is -3.04. The van der Waals surface area contributed by atoms with Crippen LogP contribution in [0.3, 0.4) is 0 Å². The number of amides is 1. The molecule has 0 spiro atoms. The lowest BCUT2D eigenvalue weighted by Gasteiger charge is -2.15. The van der Waals surface area contributed by atoms with Crippen molar-refractivity contribution in [3.8, 4) is 0 Å². The largest absolute Gasteiger partial charge is 0.452 e. The third-order valence-electron chi connectivity index (χ3n) is 3.87. The van der Waals surface area contributed by atoms with E-state index in [1.807, 2.05) is 30.3 Å². The number of ether oxygens (including phenoxy) is 1. The number of rotatable bonds is 6. The zero-order valence-electron chi connectivity index (χ0n) is 15.7. The molecule has 31 heavy (non-hydrogen) atoms. The first-order valence-corrected chi connectivity index (χ1v) is 9.96. The topological polar surface area (TPSA) is 68.3 Å². The molecule has 1 aromatic heterocycles. The van der Waals surface area contributed by atoms with Gasteiger partial charge in [-0.1, -0.05) is 47.6 Å². The van der Waals surface area contributed by atoms with E-state index in [2.05, 4.69) is 10.3 Å². The Balaban J connectivity index is 1.68. The Morgan fingerprint density at radius 2 is 1.77 bits per heavy atom. The van der Waals surface area contributed by atoms with Crippen LogP contribution in [-0.4, -0.2) is 23.5 Å². The van der Waals surface area contributed by atoms with E-state index in [0.717, 1.165) is 17.0 Å². The van der Waals surface area contributed by atoms with Gasteiger partial charge in [-0.25, -0.2) is 9.78 Å². The molecule has 2 aromatic carbocycles. The molecule has 160 valence electrons. The number of esters is 1. The van der Waals surface area contributed by atoms with Crippen molar-refractivity contribution in [1.29, 1.82) is 0 Å². The molecule has 1 N–H and O–H groups in total. The molecule has 0 radical (unpaired) electrons. The lowest BCUT2D eigenvalue weighted by Crippen LogP contribution is -2.23. The molecule has 0 aliphatic rings. The minimum absolute atomic E-state index is 0.123. The molecule has 0 aliphatic carbocycles. The molecule has 0 fully saturated rings. The highest BCUT2D eigenvalue weighted by atomic mass is 35.5. The number of aromatic nitrogens is 1. The van der Waals surface area contributed by atoms with Crippen LogP contribution in [0.2, 0.25) is 5.02 Å². The van der Waals surface area contributed by atoms with Gasteiger partial charge in [-0.2, -0.15) is 13.2 Å². The number of alkyl halides is 3. The number of pyridine rings is 1. The average Bonchev–Trinajstić information content (AvgIpc) is 2.74. The van der Waals surface area contributed by atoms with Gasteiger partial charge in [-0.05, 0) is 36.4 Å². The van der Waals surface area contributed by atoms with Gasteiger partial charge in [0.15, 0.2) is 6.61 Å². The van der Waals surface area contributed by atoms with Crippen LogP contribution in [0, 0.1) is 0 Å². The highest BCUT2D eigenvalue weighted by Gasteiger charge is 2.34. The fourth-order valence-corrected chi connectivity index (χ4v) is 3.61. The molecule has 10 heteroatoms. The van der Waals surface area contributed by atoms with Gasteiger partial charge in [-0.15, -0.1) is 0 Å². The Bertz CT molecular complexity index is 1090. The number of carbonyl (C=O) groups is 2. The third-order valence-corrected chi connectivity index (χ3v) is 5.21. The lowest BCUT2D eigenvalue weighted by atomic mass is 10.1. The SMILES string of the molecule is O=C(COC(=O)c1cccnc1Sc1ccccc1)Nc1c(Cl)cccc1C(F)(F)F. The van der Waals surface area contributed by atoms with Gasteiger partial charge >= 0.3 is 12.1 Å². The predicted octanol–water partition coefficient (Wildman–Crippen LogP) is 5.70. The summed E-state index contributed by atoms with van der Waals surface area (Å²) in [5.41, 5.74) is -1.58. The quantitative estimate of drug-likeness (QED) is 0.472. The number of benzene rings is 2. The summed E-state index contributed by atoms with van der Waals surface area (Å²) in [7, 11) is 0. The molecule has 5 nitrogen and oxygen atoms in total. The Morgan fingerprint density at radius 1 is 1.03 bits per heavy atom. The number of para-hydroxylation sites is 1. The van der Waals surface area contributed by atoms with Gasteiger partial charge in [0.1, 0.15) is 5.03 Å². The van der Waals surface area contributed by atoms with Crippen LogP contribution in [0.25, 0.3) is 0 Å².